The molecule has 1 unspecified atom stereocenters. The largest absolute Gasteiger partial charge is 0.372 e. The average Bonchev–Trinajstić information content (AvgIpc) is 2.32. The second-order valence-electron chi connectivity index (χ2n) is 6.00. The van der Waals surface area contributed by atoms with Crippen LogP contribution in [0.1, 0.15) is 66.2 Å². The molecule has 0 aliphatic carbocycles. The number of carbonyl (C=O) groups is 2. The second-order valence-corrected chi connectivity index (χ2v) is 6.00. The fourth-order valence-corrected chi connectivity index (χ4v) is 1.67. The first-order valence-corrected chi connectivity index (χ1v) is 7.21. The number of carbonyl (C=O) groups excluding carboxylic acids is 2. The van der Waals surface area contributed by atoms with Crippen molar-refractivity contribution in [2.45, 2.75) is 72.3 Å². The molecule has 0 heterocycles. The fraction of sp³-hybridized carbons (Fsp3) is 0.867. The molecule has 0 fully saturated rings. The molecule has 0 radical (unpaired) electrons. The first-order valence-electron chi connectivity index (χ1n) is 7.21. The molecule has 0 aliphatic heterocycles. The van der Waals surface area contributed by atoms with Crippen LogP contribution in [0.5, 0.6) is 0 Å². The van der Waals surface area contributed by atoms with Crippen LogP contribution >= 0.6 is 0 Å². The Morgan fingerprint density at radius 2 is 1.68 bits per heavy atom. The number of amides is 2. The lowest BCUT2D eigenvalue weighted by Crippen LogP contribution is -2.44. The molecule has 0 aliphatic rings. The Kier molecular flexibility index (Phi) is 8.65. The predicted octanol–water partition coefficient (Wildman–Crippen LogP) is 3.05. The number of nitrogens with one attached hydrogen (secondary N) is 1. The summed E-state index contributed by atoms with van der Waals surface area (Å²) >= 11 is 0. The van der Waals surface area contributed by atoms with E-state index in [0.29, 0.717) is 6.42 Å². The van der Waals surface area contributed by atoms with Gasteiger partial charge in [-0.25, -0.2) is 0 Å². The van der Waals surface area contributed by atoms with Crippen molar-refractivity contribution >= 4 is 11.8 Å². The highest BCUT2D eigenvalue weighted by atomic mass is 16.5. The number of rotatable bonds is 8. The molecule has 0 rings (SSSR count). The highest BCUT2D eigenvalue weighted by Gasteiger charge is 2.26. The molecule has 2 amide bonds. The molecule has 0 aromatic rings. The number of methoxy groups -OCH3 is 1. The summed E-state index contributed by atoms with van der Waals surface area (Å²) in [6, 6.07) is 0. The summed E-state index contributed by atoms with van der Waals surface area (Å²) in [6.07, 6.45) is 5.83. The predicted molar refractivity (Wildman–Crippen MR) is 76.8 cm³/mol. The van der Waals surface area contributed by atoms with E-state index in [1.807, 2.05) is 0 Å². The Morgan fingerprint density at radius 1 is 1.11 bits per heavy atom. The van der Waals surface area contributed by atoms with Crippen molar-refractivity contribution in [2.75, 3.05) is 7.11 Å². The Bertz CT molecular complexity index is 282. The van der Waals surface area contributed by atoms with Crippen molar-refractivity contribution in [3.63, 3.8) is 0 Å². The molecule has 1 N–H and O–H groups in total. The number of unbranched alkanes of at least 4 members (excludes halogenated alkanes) is 4. The maximum atomic E-state index is 11.9. The van der Waals surface area contributed by atoms with Crippen LogP contribution in [-0.2, 0) is 14.3 Å². The Morgan fingerprint density at radius 3 is 2.16 bits per heavy atom. The molecule has 0 bridgehead atoms. The zero-order valence-electron chi connectivity index (χ0n) is 13.0. The van der Waals surface area contributed by atoms with Gasteiger partial charge < -0.3 is 4.74 Å². The van der Waals surface area contributed by atoms with Gasteiger partial charge in [-0.2, -0.15) is 0 Å². The van der Waals surface area contributed by atoms with Crippen molar-refractivity contribution in [3.8, 4) is 0 Å². The third-order valence-electron chi connectivity index (χ3n) is 3.06. The number of ether oxygens (including phenoxy) is 1. The average molecular weight is 271 g/mol. The van der Waals surface area contributed by atoms with E-state index in [0.717, 1.165) is 12.8 Å². The second kappa shape index (κ2) is 9.08. The van der Waals surface area contributed by atoms with Crippen molar-refractivity contribution < 1.29 is 14.3 Å². The number of imide groups is 1. The first-order chi connectivity index (χ1) is 8.82. The molecular formula is C15H29NO3. The normalized spacial score (nSPS) is 13.1. The van der Waals surface area contributed by atoms with Crippen molar-refractivity contribution in [3.05, 3.63) is 0 Å². The maximum Gasteiger partial charge on any atom is 0.255 e. The summed E-state index contributed by atoms with van der Waals surface area (Å²) in [6.45, 7) is 7.51. The number of hydrogen-bond donors (Lipinski definition) is 1. The van der Waals surface area contributed by atoms with Gasteiger partial charge in [-0.1, -0.05) is 59.8 Å². The van der Waals surface area contributed by atoms with Crippen LogP contribution in [0, 0.1) is 5.41 Å². The van der Waals surface area contributed by atoms with Gasteiger partial charge in [0.2, 0.25) is 5.91 Å². The summed E-state index contributed by atoms with van der Waals surface area (Å²) < 4.78 is 5.17. The molecule has 1 atom stereocenters. The van der Waals surface area contributed by atoms with Crippen LogP contribution in [0.2, 0.25) is 0 Å². The van der Waals surface area contributed by atoms with Gasteiger partial charge >= 0.3 is 0 Å². The summed E-state index contributed by atoms with van der Waals surface area (Å²) in [5.41, 5.74) is -0.560. The summed E-state index contributed by atoms with van der Waals surface area (Å²) in [5.74, 6) is -0.580. The minimum Gasteiger partial charge on any atom is -0.372 e. The van der Waals surface area contributed by atoms with E-state index in [4.69, 9.17) is 4.74 Å². The molecular weight excluding hydrogens is 242 g/mol. The fourth-order valence-electron chi connectivity index (χ4n) is 1.67. The van der Waals surface area contributed by atoms with Crippen molar-refractivity contribution in [1.82, 2.24) is 5.32 Å². The van der Waals surface area contributed by atoms with E-state index in [-0.39, 0.29) is 11.8 Å². The van der Waals surface area contributed by atoms with Gasteiger partial charge in [0.1, 0.15) is 6.10 Å². The van der Waals surface area contributed by atoms with Gasteiger partial charge in [0, 0.05) is 12.5 Å². The quantitative estimate of drug-likeness (QED) is 0.690. The molecule has 19 heavy (non-hydrogen) atoms. The Labute approximate surface area is 117 Å². The smallest absolute Gasteiger partial charge is 0.255 e. The van der Waals surface area contributed by atoms with Gasteiger partial charge in [-0.05, 0) is 6.42 Å². The lowest BCUT2D eigenvalue weighted by Gasteiger charge is -2.20. The van der Waals surface area contributed by atoms with E-state index in [1.165, 1.54) is 26.4 Å². The van der Waals surface area contributed by atoms with Crippen LogP contribution < -0.4 is 5.32 Å². The van der Waals surface area contributed by atoms with Crippen LogP contribution in [0.3, 0.4) is 0 Å². The highest BCUT2D eigenvalue weighted by molar-refractivity contribution is 5.99. The molecule has 0 aromatic heterocycles. The van der Waals surface area contributed by atoms with E-state index in [9.17, 15) is 9.59 Å². The van der Waals surface area contributed by atoms with E-state index in [2.05, 4.69) is 12.2 Å². The monoisotopic (exact) mass is 271 g/mol. The van der Waals surface area contributed by atoms with E-state index < -0.39 is 11.5 Å². The third kappa shape index (κ3) is 7.98. The molecule has 112 valence electrons. The van der Waals surface area contributed by atoms with Crippen LogP contribution in [0.4, 0.5) is 0 Å². The molecule has 0 saturated carbocycles. The SMILES string of the molecule is CCCCCCCC(OC)C(=O)NC(=O)C(C)(C)C. The van der Waals surface area contributed by atoms with E-state index in [1.54, 1.807) is 20.8 Å². The Balaban J connectivity index is 4.08. The van der Waals surface area contributed by atoms with Gasteiger partial charge in [0.15, 0.2) is 0 Å². The van der Waals surface area contributed by atoms with Gasteiger partial charge in [0.05, 0.1) is 0 Å². The molecule has 0 saturated heterocycles. The molecule has 4 nitrogen and oxygen atoms in total. The minimum atomic E-state index is -0.560. The molecule has 0 aromatic carbocycles. The van der Waals surface area contributed by atoms with Gasteiger partial charge in [0.25, 0.3) is 5.91 Å². The lowest BCUT2D eigenvalue weighted by atomic mass is 9.95. The van der Waals surface area contributed by atoms with Crippen molar-refractivity contribution in [1.29, 1.82) is 0 Å². The summed E-state index contributed by atoms with van der Waals surface area (Å²) in [7, 11) is 1.51. The topological polar surface area (TPSA) is 55.4 Å². The van der Waals surface area contributed by atoms with Crippen molar-refractivity contribution in [2.24, 2.45) is 5.41 Å². The third-order valence-corrected chi connectivity index (χ3v) is 3.06. The van der Waals surface area contributed by atoms with E-state index >= 15 is 0 Å². The molecule has 4 heteroatoms. The highest BCUT2D eigenvalue weighted by Crippen LogP contribution is 2.14. The zero-order valence-corrected chi connectivity index (χ0v) is 13.0. The summed E-state index contributed by atoms with van der Waals surface area (Å²) in [5, 5.41) is 2.42. The molecule has 0 spiro atoms. The van der Waals surface area contributed by atoms with Crippen LogP contribution in [-0.4, -0.2) is 25.0 Å². The van der Waals surface area contributed by atoms with Crippen LogP contribution in [0.15, 0.2) is 0 Å². The van der Waals surface area contributed by atoms with Crippen LogP contribution in [0.25, 0.3) is 0 Å². The first kappa shape index (κ1) is 18.1. The van der Waals surface area contributed by atoms with Gasteiger partial charge in [-0.3, -0.25) is 14.9 Å². The standard InChI is InChI=1S/C15H29NO3/c1-6-7-8-9-10-11-12(19-5)13(17)16-14(18)15(2,3)4/h12H,6-11H2,1-5H3,(H,16,17,18). The lowest BCUT2D eigenvalue weighted by molar-refractivity contribution is -0.140. The zero-order chi connectivity index (χ0) is 14.9. The van der Waals surface area contributed by atoms with Gasteiger partial charge in [-0.15, -0.1) is 0 Å². The maximum absolute atomic E-state index is 11.9. The Hall–Kier alpha value is -0.900. The summed E-state index contributed by atoms with van der Waals surface area (Å²) in [4.78, 5) is 23.6. The minimum absolute atomic E-state index is 0.259. The number of hydrogen-bond acceptors (Lipinski definition) is 3.